The van der Waals surface area contributed by atoms with Crippen LogP contribution in [-0.2, 0) is 0 Å². The second kappa shape index (κ2) is 6.33. The van der Waals surface area contributed by atoms with Gasteiger partial charge in [0.2, 0.25) is 5.55 Å². The number of hydrogen-bond donors (Lipinski definition) is 2. The number of para-hydroxylation sites is 1. The van der Waals surface area contributed by atoms with Crippen molar-refractivity contribution in [2.24, 2.45) is 0 Å². The first-order valence-electron chi connectivity index (χ1n) is 7.60. The molecule has 1 amide bonds. The molecule has 2 aromatic carbocycles. The number of nitrogens with zero attached hydrogens (tertiary/aromatic N) is 1. The predicted molar refractivity (Wildman–Crippen MR) is 97.6 cm³/mol. The molecule has 2 N–H and O–H groups in total. The van der Waals surface area contributed by atoms with E-state index in [1.807, 2.05) is 53.9 Å². The molecule has 0 fully saturated rings. The zero-order valence-corrected chi connectivity index (χ0v) is 13.8. The smallest absolute Gasteiger partial charge is 0.262 e. The fourth-order valence-corrected chi connectivity index (χ4v) is 3.20. The van der Waals surface area contributed by atoms with Crippen LogP contribution < -0.4 is 10.9 Å². The molecule has 0 atom stereocenters. The van der Waals surface area contributed by atoms with Gasteiger partial charge in [-0.25, -0.2) is 4.98 Å². The first-order valence-corrected chi connectivity index (χ1v) is 8.48. The first kappa shape index (κ1) is 15.3. The number of carbonyl (C=O) groups excluding carboxylic acids is 1. The molecular formula is C19H13N3O2S. The minimum atomic E-state index is -0.409. The van der Waals surface area contributed by atoms with E-state index in [0.717, 1.165) is 16.6 Å². The van der Waals surface area contributed by atoms with Gasteiger partial charge < -0.3 is 4.42 Å². The molecule has 25 heavy (non-hydrogen) atoms. The summed E-state index contributed by atoms with van der Waals surface area (Å²) >= 11 is 1.34. The van der Waals surface area contributed by atoms with E-state index < -0.39 is 5.91 Å². The summed E-state index contributed by atoms with van der Waals surface area (Å²) in [5.74, 6) is -0.409. The third-order valence-corrected chi connectivity index (χ3v) is 4.47. The Hall–Kier alpha value is -3.25. The standard InChI is InChI=1S/C19H13N3O2S/c20-17-14(10-13-8-4-5-9-16(13)24-17)18(23)22-19-21-15(11-25-19)12-6-2-1-3-7-12/h1-11,20H,(H,21,22,23). The maximum Gasteiger partial charge on any atom is 0.262 e. The van der Waals surface area contributed by atoms with Gasteiger partial charge in [0.1, 0.15) is 11.1 Å². The highest BCUT2D eigenvalue weighted by Crippen LogP contribution is 2.25. The van der Waals surface area contributed by atoms with Crippen molar-refractivity contribution in [1.82, 2.24) is 4.98 Å². The van der Waals surface area contributed by atoms with E-state index in [2.05, 4.69) is 10.3 Å². The summed E-state index contributed by atoms with van der Waals surface area (Å²) in [5, 5.41) is 13.8. The molecule has 2 aromatic heterocycles. The van der Waals surface area contributed by atoms with Crippen molar-refractivity contribution < 1.29 is 9.21 Å². The fraction of sp³-hybridized carbons (Fsp3) is 0. The van der Waals surface area contributed by atoms with Crippen LogP contribution in [0.15, 0.2) is 70.5 Å². The van der Waals surface area contributed by atoms with Gasteiger partial charge in [-0.3, -0.25) is 15.5 Å². The number of aromatic nitrogens is 1. The van der Waals surface area contributed by atoms with E-state index in [0.29, 0.717) is 10.7 Å². The highest BCUT2D eigenvalue weighted by Gasteiger charge is 2.14. The zero-order chi connectivity index (χ0) is 17.2. The lowest BCUT2D eigenvalue weighted by Crippen LogP contribution is -2.20. The average Bonchev–Trinajstić information content (AvgIpc) is 3.10. The van der Waals surface area contributed by atoms with Crippen molar-refractivity contribution in [2.45, 2.75) is 0 Å². The van der Waals surface area contributed by atoms with Crippen molar-refractivity contribution in [3.8, 4) is 11.3 Å². The Kier molecular flexibility index (Phi) is 3.87. The molecule has 0 radical (unpaired) electrons. The second-order valence-electron chi connectivity index (χ2n) is 5.39. The van der Waals surface area contributed by atoms with Gasteiger partial charge >= 0.3 is 0 Å². The number of fused-ring (bicyclic) bond motifs is 1. The predicted octanol–water partition coefficient (Wildman–Crippen LogP) is 4.29. The summed E-state index contributed by atoms with van der Waals surface area (Å²) in [6.07, 6.45) is 0. The van der Waals surface area contributed by atoms with Crippen LogP contribution in [0.3, 0.4) is 0 Å². The summed E-state index contributed by atoms with van der Waals surface area (Å²) in [4.78, 5) is 16.9. The summed E-state index contributed by atoms with van der Waals surface area (Å²) in [6, 6.07) is 18.7. The molecule has 0 saturated carbocycles. The van der Waals surface area contributed by atoms with Crippen molar-refractivity contribution in [1.29, 1.82) is 5.41 Å². The first-order chi connectivity index (χ1) is 12.2. The van der Waals surface area contributed by atoms with Crippen molar-refractivity contribution in [3.63, 3.8) is 0 Å². The average molecular weight is 347 g/mol. The maximum absolute atomic E-state index is 12.5. The fourth-order valence-electron chi connectivity index (χ4n) is 2.48. The molecular weight excluding hydrogens is 334 g/mol. The molecule has 0 saturated heterocycles. The van der Waals surface area contributed by atoms with Gasteiger partial charge in [-0.05, 0) is 12.1 Å². The van der Waals surface area contributed by atoms with Crippen LogP contribution in [0.1, 0.15) is 10.4 Å². The van der Waals surface area contributed by atoms with Crippen LogP contribution in [0.5, 0.6) is 0 Å². The van der Waals surface area contributed by atoms with Gasteiger partial charge in [0, 0.05) is 16.3 Å². The number of benzene rings is 2. The quantitative estimate of drug-likeness (QED) is 0.580. The monoisotopic (exact) mass is 347 g/mol. The Morgan fingerprint density at radius 3 is 2.68 bits per heavy atom. The number of carbonyl (C=O) groups is 1. The van der Waals surface area contributed by atoms with Gasteiger partial charge in [-0.15, -0.1) is 11.3 Å². The molecule has 5 nitrogen and oxygen atoms in total. The van der Waals surface area contributed by atoms with Crippen LogP contribution in [0.25, 0.3) is 22.2 Å². The van der Waals surface area contributed by atoms with Gasteiger partial charge in [0.25, 0.3) is 5.91 Å². The summed E-state index contributed by atoms with van der Waals surface area (Å²) < 4.78 is 5.41. The van der Waals surface area contributed by atoms with E-state index in [1.54, 1.807) is 12.1 Å². The zero-order valence-electron chi connectivity index (χ0n) is 13.0. The summed E-state index contributed by atoms with van der Waals surface area (Å²) in [7, 11) is 0. The van der Waals surface area contributed by atoms with Gasteiger partial charge in [0.05, 0.1) is 5.69 Å². The summed E-state index contributed by atoms with van der Waals surface area (Å²) in [6.45, 7) is 0. The number of hydrogen-bond acceptors (Lipinski definition) is 5. The largest absolute Gasteiger partial charge is 0.438 e. The minimum absolute atomic E-state index is 0.170. The lowest BCUT2D eigenvalue weighted by molar-refractivity contribution is 0.102. The van der Waals surface area contributed by atoms with E-state index in [9.17, 15) is 4.79 Å². The highest BCUT2D eigenvalue weighted by molar-refractivity contribution is 7.14. The number of nitrogens with one attached hydrogen (secondary N) is 2. The molecule has 4 aromatic rings. The molecule has 0 bridgehead atoms. The molecule has 6 heteroatoms. The van der Waals surface area contributed by atoms with E-state index >= 15 is 0 Å². The third-order valence-electron chi connectivity index (χ3n) is 3.71. The van der Waals surface area contributed by atoms with Crippen molar-refractivity contribution >= 4 is 33.3 Å². The molecule has 0 aliphatic carbocycles. The molecule has 0 spiro atoms. The van der Waals surface area contributed by atoms with E-state index in [4.69, 9.17) is 9.83 Å². The van der Waals surface area contributed by atoms with Crippen LogP contribution in [-0.4, -0.2) is 10.9 Å². The molecule has 0 aliphatic heterocycles. The topological polar surface area (TPSA) is 79.0 Å². The number of amides is 1. The molecule has 0 unspecified atom stereocenters. The van der Waals surface area contributed by atoms with Gasteiger partial charge in [-0.1, -0.05) is 48.5 Å². The Balaban J connectivity index is 1.61. The lowest BCUT2D eigenvalue weighted by atomic mass is 10.2. The van der Waals surface area contributed by atoms with Crippen LogP contribution in [0, 0.1) is 5.41 Å². The summed E-state index contributed by atoms with van der Waals surface area (Å²) in [5.41, 5.74) is 2.37. The number of thiazole rings is 1. The highest BCUT2D eigenvalue weighted by atomic mass is 32.1. The second-order valence-corrected chi connectivity index (χ2v) is 6.24. The van der Waals surface area contributed by atoms with Crippen LogP contribution in [0.2, 0.25) is 0 Å². The molecule has 2 heterocycles. The normalized spacial score (nSPS) is 10.7. The SMILES string of the molecule is N=c1oc2ccccc2cc1C(=O)Nc1nc(-c2ccccc2)cs1. The third kappa shape index (κ3) is 3.07. The van der Waals surface area contributed by atoms with Crippen molar-refractivity contribution in [2.75, 3.05) is 5.32 Å². The minimum Gasteiger partial charge on any atom is -0.438 e. The Labute approximate surface area is 147 Å². The molecule has 4 rings (SSSR count). The van der Waals surface area contributed by atoms with Crippen LogP contribution >= 0.6 is 11.3 Å². The number of anilines is 1. The Morgan fingerprint density at radius 2 is 1.84 bits per heavy atom. The van der Waals surface area contributed by atoms with Crippen molar-refractivity contribution in [3.05, 3.63) is 77.2 Å². The Morgan fingerprint density at radius 1 is 1.08 bits per heavy atom. The van der Waals surface area contributed by atoms with Crippen LogP contribution in [0.4, 0.5) is 5.13 Å². The lowest BCUT2D eigenvalue weighted by Gasteiger charge is -2.03. The maximum atomic E-state index is 12.5. The van der Waals surface area contributed by atoms with E-state index in [-0.39, 0.29) is 11.1 Å². The van der Waals surface area contributed by atoms with Gasteiger partial charge in [0.15, 0.2) is 5.13 Å². The molecule has 0 aliphatic rings. The number of rotatable bonds is 3. The van der Waals surface area contributed by atoms with Gasteiger partial charge in [-0.2, -0.15) is 0 Å². The molecule has 122 valence electrons. The van der Waals surface area contributed by atoms with E-state index in [1.165, 1.54) is 11.3 Å². The Bertz CT molecular complexity index is 1120.